The van der Waals surface area contributed by atoms with Crippen LogP contribution in [0, 0.1) is 0 Å². The summed E-state index contributed by atoms with van der Waals surface area (Å²) in [6.45, 7) is 4.16. The van der Waals surface area contributed by atoms with E-state index in [0.717, 1.165) is 12.8 Å². The van der Waals surface area contributed by atoms with Crippen molar-refractivity contribution in [1.82, 2.24) is 0 Å². The second kappa shape index (κ2) is 7.98. The van der Waals surface area contributed by atoms with Gasteiger partial charge in [0.2, 0.25) is 0 Å². The minimum Gasteiger partial charge on any atom is -0.245 e. The van der Waals surface area contributed by atoms with Crippen molar-refractivity contribution in [3.63, 3.8) is 0 Å². The number of rotatable bonds is 6. The Morgan fingerprint density at radius 2 is 1.45 bits per heavy atom. The smallest absolute Gasteiger partial charge is 0.0745 e. The van der Waals surface area contributed by atoms with Crippen molar-refractivity contribution < 1.29 is 3.63 Å². The van der Waals surface area contributed by atoms with Gasteiger partial charge in [0.05, 0.1) is 9.16 Å². The molecule has 0 amide bonds. The van der Waals surface area contributed by atoms with Gasteiger partial charge in [-0.15, -0.1) is 0 Å². The quantitative estimate of drug-likeness (QED) is 0.410. The molecule has 11 heavy (non-hydrogen) atoms. The maximum absolute atomic E-state index is 5.22. The van der Waals surface area contributed by atoms with Gasteiger partial charge in [0, 0.05) is 24.1 Å². The Kier molecular flexibility index (Phi) is 8.97. The standard InChI is InChI=1S/C6H14OS4/c1-3-5(8)10-7-11-6(9)4-2/h5-6,8-9H,3-4H2,1-2H3. The van der Waals surface area contributed by atoms with Gasteiger partial charge in [0.25, 0.3) is 0 Å². The molecule has 2 atom stereocenters. The Morgan fingerprint density at radius 1 is 1.09 bits per heavy atom. The van der Waals surface area contributed by atoms with Crippen molar-refractivity contribution in [2.45, 2.75) is 35.9 Å². The van der Waals surface area contributed by atoms with E-state index >= 15 is 0 Å². The first-order chi connectivity index (χ1) is 5.20. The summed E-state index contributed by atoms with van der Waals surface area (Å²) in [6, 6.07) is 0. The molecule has 0 aliphatic carbocycles. The van der Waals surface area contributed by atoms with Crippen LogP contribution in [0.1, 0.15) is 26.7 Å². The Morgan fingerprint density at radius 3 is 1.73 bits per heavy atom. The van der Waals surface area contributed by atoms with Crippen LogP contribution < -0.4 is 0 Å². The third-order valence-corrected chi connectivity index (χ3v) is 3.99. The number of thiol groups is 2. The molecule has 0 aromatic heterocycles. The summed E-state index contributed by atoms with van der Waals surface area (Å²) < 4.78 is 5.77. The van der Waals surface area contributed by atoms with Gasteiger partial charge in [0.1, 0.15) is 0 Å². The highest BCUT2D eigenvalue weighted by Crippen LogP contribution is 2.29. The molecule has 0 saturated heterocycles. The summed E-state index contributed by atoms with van der Waals surface area (Å²) >= 11 is 11.3. The van der Waals surface area contributed by atoms with Crippen molar-refractivity contribution in [1.29, 1.82) is 0 Å². The molecule has 0 aliphatic heterocycles. The highest BCUT2D eigenvalue weighted by Gasteiger charge is 2.04. The monoisotopic (exact) mass is 230 g/mol. The molecule has 0 rings (SSSR count). The zero-order chi connectivity index (χ0) is 8.69. The third kappa shape index (κ3) is 7.71. The minimum absolute atomic E-state index is 0.278. The van der Waals surface area contributed by atoms with Crippen molar-refractivity contribution in [2.75, 3.05) is 0 Å². The van der Waals surface area contributed by atoms with E-state index in [9.17, 15) is 0 Å². The molecule has 0 bridgehead atoms. The average molecular weight is 230 g/mol. The third-order valence-electron chi connectivity index (χ3n) is 0.999. The fourth-order valence-corrected chi connectivity index (χ4v) is 2.06. The van der Waals surface area contributed by atoms with Gasteiger partial charge >= 0.3 is 0 Å². The Balaban J connectivity index is 3.13. The van der Waals surface area contributed by atoms with Crippen LogP contribution >= 0.6 is 49.3 Å². The maximum atomic E-state index is 5.22. The van der Waals surface area contributed by atoms with Crippen LogP contribution in [0.3, 0.4) is 0 Å². The Labute approximate surface area is 88.7 Å². The predicted octanol–water partition coefficient (Wildman–Crippen LogP) is 3.63. The van der Waals surface area contributed by atoms with Crippen molar-refractivity contribution in [2.24, 2.45) is 0 Å². The molecule has 0 N–H and O–H groups in total. The van der Waals surface area contributed by atoms with E-state index in [2.05, 4.69) is 39.1 Å². The second-order valence-corrected chi connectivity index (χ2v) is 6.00. The summed E-state index contributed by atoms with van der Waals surface area (Å²) in [7, 11) is 0. The van der Waals surface area contributed by atoms with E-state index in [4.69, 9.17) is 3.63 Å². The first-order valence-electron chi connectivity index (χ1n) is 3.55. The number of hydrogen-bond donors (Lipinski definition) is 2. The largest absolute Gasteiger partial charge is 0.245 e. The van der Waals surface area contributed by atoms with Crippen LogP contribution in [0.4, 0.5) is 0 Å². The van der Waals surface area contributed by atoms with Crippen LogP contribution in [0.25, 0.3) is 0 Å². The SMILES string of the molecule is CCC(S)SOSC(S)CC. The van der Waals surface area contributed by atoms with E-state index in [1.165, 1.54) is 24.1 Å². The molecule has 0 aromatic carbocycles. The molecule has 68 valence electrons. The van der Waals surface area contributed by atoms with Crippen molar-refractivity contribution in [3.8, 4) is 0 Å². The molecular weight excluding hydrogens is 216 g/mol. The fraction of sp³-hybridized carbons (Fsp3) is 1.00. The summed E-state index contributed by atoms with van der Waals surface area (Å²) in [4.78, 5) is 0. The van der Waals surface area contributed by atoms with E-state index < -0.39 is 0 Å². The molecule has 5 heteroatoms. The summed E-state index contributed by atoms with van der Waals surface area (Å²) in [5.41, 5.74) is 0. The van der Waals surface area contributed by atoms with Gasteiger partial charge in [-0.3, -0.25) is 0 Å². The van der Waals surface area contributed by atoms with E-state index in [1.54, 1.807) is 0 Å². The molecule has 1 nitrogen and oxygen atoms in total. The van der Waals surface area contributed by atoms with Crippen LogP contribution in [0.5, 0.6) is 0 Å². The molecule has 0 aliphatic rings. The molecule has 0 spiro atoms. The van der Waals surface area contributed by atoms with E-state index in [0.29, 0.717) is 0 Å². The molecule has 0 saturated carbocycles. The Hall–Kier alpha value is 1.36. The van der Waals surface area contributed by atoms with Gasteiger partial charge in [-0.2, -0.15) is 25.3 Å². The van der Waals surface area contributed by atoms with Gasteiger partial charge in [-0.25, -0.2) is 3.63 Å². The van der Waals surface area contributed by atoms with Crippen LogP contribution in [-0.2, 0) is 3.63 Å². The summed E-state index contributed by atoms with van der Waals surface area (Å²) in [5, 5.41) is 0. The molecule has 0 heterocycles. The first kappa shape index (κ1) is 12.4. The molecule has 2 unspecified atom stereocenters. The maximum Gasteiger partial charge on any atom is 0.0745 e. The molecular formula is C6H14OS4. The van der Waals surface area contributed by atoms with E-state index in [-0.39, 0.29) is 9.16 Å². The zero-order valence-corrected chi connectivity index (χ0v) is 10.1. The van der Waals surface area contributed by atoms with Gasteiger partial charge in [-0.05, 0) is 12.8 Å². The fourth-order valence-electron chi connectivity index (χ4n) is 0.249. The lowest BCUT2D eigenvalue weighted by molar-refractivity contribution is 0.744. The van der Waals surface area contributed by atoms with Crippen molar-refractivity contribution >= 4 is 49.3 Å². The molecule has 0 aromatic rings. The minimum atomic E-state index is 0.278. The molecule has 0 radical (unpaired) electrons. The highest BCUT2D eigenvalue weighted by atomic mass is 32.3. The Bertz CT molecular complexity index is 80.7. The van der Waals surface area contributed by atoms with Gasteiger partial charge in [0.15, 0.2) is 0 Å². The molecule has 0 fully saturated rings. The van der Waals surface area contributed by atoms with Gasteiger partial charge in [-0.1, -0.05) is 13.8 Å². The van der Waals surface area contributed by atoms with E-state index in [1.807, 2.05) is 0 Å². The van der Waals surface area contributed by atoms with Crippen LogP contribution in [0.2, 0.25) is 0 Å². The van der Waals surface area contributed by atoms with Crippen LogP contribution in [0.15, 0.2) is 0 Å². The lowest BCUT2D eigenvalue weighted by Gasteiger charge is -2.08. The summed E-state index contributed by atoms with van der Waals surface area (Å²) in [6.07, 6.45) is 2.02. The zero-order valence-electron chi connectivity index (χ0n) is 6.69. The number of hydrogen-bond acceptors (Lipinski definition) is 5. The lowest BCUT2D eigenvalue weighted by atomic mass is 10.6. The normalized spacial score (nSPS) is 16.4. The first-order valence-corrected chi connectivity index (χ1v) is 6.19. The second-order valence-electron chi connectivity index (χ2n) is 1.99. The summed E-state index contributed by atoms with van der Waals surface area (Å²) in [5.74, 6) is 0. The topological polar surface area (TPSA) is 9.23 Å². The predicted molar refractivity (Wildman–Crippen MR) is 62.4 cm³/mol. The highest BCUT2D eigenvalue weighted by molar-refractivity contribution is 8.16. The lowest BCUT2D eigenvalue weighted by Crippen LogP contribution is -1.91. The van der Waals surface area contributed by atoms with Gasteiger partial charge < -0.3 is 0 Å². The van der Waals surface area contributed by atoms with Crippen LogP contribution in [-0.4, -0.2) is 9.16 Å². The average Bonchev–Trinajstić information content (AvgIpc) is 2.04. The van der Waals surface area contributed by atoms with Crippen molar-refractivity contribution in [3.05, 3.63) is 0 Å².